The van der Waals surface area contributed by atoms with Crippen LogP contribution in [0.3, 0.4) is 0 Å². The lowest BCUT2D eigenvalue weighted by Gasteiger charge is -2.37. The molecule has 142 valence electrons. The molecule has 4 rings (SSSR count). The van der Waals surface area contributed by atoms with Gasteiger partial charge in [-0.15, -0.1) is 5.10 Å². The van der Waals surface area contributed by atoms with Gasteiger partial charge in [-0.05, 0) is 18.2 Å². The summed E-state index contributed by atoms with van der Waals surface area (Å²) in [6.45, 7) is 0.852. The van der Waals surface area contributed by atoms with E-state index in [1.54, 1.807) is 23.3 Å². The van der Waals surface area contributed by atoms with Gasteiger partial charge in [0.05, 0.1) is 36.6 Å². The molecule has 2 aromatic heterocycles. The Morgan fingerprint density at radius 1 is 1.26 bits per heavy atom. The van der Waals surface area contributed by atoms with Gasteiger partial charge in [-0.1, -0.05) is 5.21 Å². The lowest BCUT2D eigenvalue weighted by Crippen LogP contribution is -2.50. The fourth-order valence-corrected chi connectivity index (χ4v) is 4.30. The fourth-order valence-electron chi connectivity index (χ4n) is 2.77. The zero-order valence-corrected chi connectivity index (χ0v) is 15.1. The SMILES string of the molecule is COc1ccc(S(=O)(=O)N2CC(n3cc(Cn4nccn4)nn3)C2)cc1F. The van der Waals surface area contributed by atoms with E-state index in [0.717, 1.165) is 6.07 Å². The summed E-state index contributed by atoms with van der Waals surface area (Å²) in [6.07, 6.45) is 4.88. The molecule has 0 radical (unpaired) electrons. The van der Waals surface area contributed by atoms with Crippen LogP contribution in [-0.2, 0) is 16.6 Å². The molecule has 1 aliphatic heterocycles. The topological polar surface area (TPSA) is 108 Å². The second kappa shape index (κ2) is 6.70. The highest BCUT2D eigenvalue weighted by atomic mass is 32.2. The predicted molar refractivity (Wildman–Crippen MR) is 89.9 cm³/mol. The number of hydrogen-bond acceptors (Lipinski definition) is 7. The van der Waals surface area contributed by atoms with Gasteiger partial charge in [0, 0.05) is 13.1 Å². The maximum absolute atomic E-state index is 13.8. The highest BCUT2D eigenvalue weighted by Crippen LogP contribution is 2.29. The second-order valence-corrected chi connectivity index (χ2v) is 7.96. The minimum Gasteiger partial charge on any atom is -0.494 e. The maximum atomic E-state index is 13.8. The third-order valence-corrected chi connectivity index (χ3v) is 6.12. The first kappa shape index (κ1) is 17.5. The van der Waals surface area contributed by atoms with Crippen LogP contribution in [0.5, 0.6) is 5.75 Å². The van der Waals surface area contributed by atoms with Crippen molar-refractivity contribution in [3.63, 3.8) is 0 Å². The molecular weight excluding hydrogens is 377 g/mol. The molecule has 12 heteroatoms. The number of halogens is 1. The Morgan fingerprint density at radius 3 is 2.67 bits per heavy atom. The average Bonchev–Trinajstić information content (AvgIpc) is 3.26. The van der Waals surface area contributed by atoms with Crippen LogP contribution in [0.4, 0.5) is 4.39 Å². The lowest BCUT2D eigenvalue weighted by molar-refractivity contribution is 0.188. The van der Waals surface area contributed by atoms with Gasteiger partial charge < -0.3 is 4.74 Å². The van der Waals surface area contributed by atoms with Gasteiger partial charge >= 0.3 is 0 Å². The largest absolute Gasteiger partial charge is 0.494 e. The summed E-state index contributed by atoms with van der Waals surface area (Å²) in [6, 6.07) is 3.46. The Hall–Kier alpha value is -2.86. The minimum atomic E-state index is -3.77. The molecule has 0 N–H and O–H groups in total. The number of aromatic nitrogens is 6. The van der Waals surface area contributed by atoms with Crippen molar-refractivity contribution in [2.24, 2.45) is 0 Å². The lowest BCUT2D eigenvalue weighted by atomic mass is 10.2. The van der Waals surface area contributed by atoms with E-state index in [1.165, 1.54) is 28.3 Å². The number of methoxy groups -OCH3 is 1. The number of rotatable bonds is 6. The molecule has 0 saturated carbocycles. The fraction of sp³-hybridized carbons (Fsp3) is 0.333. The van der Waals surface area contributed by atoms with Crippen LogP contribution in [0.15, 0.2) is 41.7 Å². The first-order valence-corrected chi connectivity index (χ1v) is 9.50. The standard InChI is InChI=1S/C15H16FN7O3S/c1-26-15-3-2-13(6-14(15)16)27(24,25)21-9-12(10-21)22-7-11(19-20-22)8-23-17-4-5-18-23/h2-7,12H,8-10H2,1H3. The molecule has 10 nitrogen and oxygen atoms in total. The number of benzene rings is 1. The Bertz CT molecular complexity index is 1050. The van der Waals surface area contributed by atoms with Gasteiger partial charge in [-0.2, -0.15) is 19.3 Å². The van der Waals surface area contributed by atoms with E-state index in [9.17, 15) is 12.8 Å². The number of hydrogen-bond donors (Lipinski definition) is 0. The van der Waals surface area contributed by atoms with E-state index >= 15 is 0 Å². The quantitative estimate of drug-likeness (QED) is 0.593. The second-order valence-electron chi connectivity index (χ2n) is 6.02. The molecule has 0 atom stereocenters. The Balaban J connectivity index is 1.43. The minimum absolute atomic E-state index is 0.00254. The van der Waals surface area contributed by atoms with Gasteiger partial charge in [0.1, 0.15) is 12.2 Å². The molecular formula is C15H16FN7O3S. The van der Waals surface area contributed by atoms with E-state index in [-0.39, 0.29) is 29.8 Å². The van der Waals surface area contributed by atoms with Crippen molar-refractivity contribution in [3.8, 4) is 5.75 Å². The van der Waals surface area contributed by atoms with Crippen LogP contribution >= 0.6 is 0 Å². The van der Waals surface area contributed by atoms with Crippen molar-refractivity contribution in [2.75, 3.05) is 20.2 Å². The third-order valence-electron chi connectivity index (χ3n) is 4.29. The molecule has 0 spiro atoms. The van der Waals surface area contributed by atoms with Crippen LogP contribution in [0.1, 0.15) is 11.7 Å². The molecule has 0 amide bonds. The highest BCUT2D eigenvalue weighted by molar-refractivity contribution is 7.89. The maximum Gasteiger partial charge on any atom is 0.243 e. The predicted octanol–water partition coefficient (Wildman–Crippen LogP) is 0.311. The summed E-state index contributed by atoms with van der Waals surface area (Å²) in [5, 5.41) is 16.1. The normalized spacial score (nSPS) is 15.6. The Kier molecular flexibility index (Phi) is 4.36. The number of sulfonamides is 1. The number of ether oxygens (including phenoxy) is 1. The Morgan fingerprint density at radius 2 is 2.00 bits per heavy atom. The highest BCUT2D eigenvalue weighted by Gasteiger charge is 2.38. The van der Waals surface area contributed by atoms with Gasteiger partial charge in [-0.3, -0.25) is 0 Å². The van der Waals surface area contributed by atoms with Crippen LogP contribution in [-0.4, -0.2) is 62.9 Å². The molecule has 0 unspecified atom stereocenters. The van der Waals surface area contributed by atoms with Crippen LogP contribution in [0.2, 0.25) is 0 Å². The molecule has 0 aliphatic carbocycles. The van der Waals surface area contributed by atoms with Crippen LogP contribution < -0.4 is 4.74 Å². The van der Waals surface area contributed by atoms with Crippen molar-refractivity contribution in [3.05, 3.63) is 48.3 Å². The van der Waals surface area contributed by atoms with Crippen molar-refractivity contribution < 1.29 is 17.5 Å². The van der Waals surface area contributed by atoms with Crippen molar-refractivity contribution in [1.82, 2.24) is 34.3 Å². The number of nitrogens with zero attached hydrogens (tertiary/aromatic N) is 7. The summed E-state index contributed by atoms with van der Waals surface area (Å²) in [7, 11) is -2.45. The van der Waals surface area contributed by atoms with Crippen LogP contribution in [0.25, 0.3) is 0 Å². The smallest absolute Gasteiger partial charge is 0.243 e. The Labute approximate surface area is 154 Å². The first-order chi connectivity index (χ1) is 13.0. The van der Waals surface area contributed by atoms with E-state index in [0.29, 0.717) is 12.2 Å². The average molecular weight is 393 g/mol. The molecule has 1 aromatic carbocycles. The van der Waals surface area contributed by atoms with E-state index in [2.05, 4.69) is 20.5 Å². The summed E-state index contributed by atoms with van der Waals surface area (Å²) < 4.78 is 46.8. The molecule has 1 aliphatic rings. The molecule has 3 aromatic rings. The van der Waals surface area contributed by atoms with Gasteiger partial charge in [0.2, 0.25) is 10.0 Å². The summed E-state index contributed by atoms with van der Waals surface area (Å²) in [4.78, 5) is 1.37. The monoisotopic (exact) mass is 393 g/mol. The zero-order valence-electron chi connectivity index (χ0n) is 14.3. The van der Waals surface area contributed by atoms with E-state index in [1.807, 2.05) is 0 Å². The molecule has 0 bridgehead atoms. The van der Waals surface area contributed by atoms with Gasteiger partial charge in [0.25, 0.3) is 0 Å². The summed E-state index contributed by atoms with van der Waals surface area (Å²) in [5.74, 6) is -0.721. The summed E-state index contributed by atoms with van der Waals surface area (Å²) in [5.41, 5.74) is 0.671. The van der Waals surface area contributed by atoms with Crippen molar-refractivity contribution >= 4 is 10.0 Å². The van der Waals surface area contributed by atoms with E-state index in [4.69, 9.17) is 4.74 Å². The molecule has 3 heterocycles. The van der Waals surface area contributed by atoms with Gasteiger partial charge in [-0.25, -0.2) is 17.5 Å². The van der Waals surface area contributed by atoms with E-state index < -0.39 is 15.8 Å². The molecule has 1 fully saturated rings. The van der Waals surface area contributed by atoms with Gasteiger partial charge in [0.15, 0.2) is 11.6 Å². The van der Waals surface area contributed by atoms with Crippen molar-refractivity contribution in [1.29, 1.82) is 0 Å². The van der Waals surface area contributed by atoms with Crippen LogP contribution in [0, 0.1) is 5.82 Å². The molecule has 1 saturated heterocycles. The summed E-state index contributed by atoms with van der Waals surface area (Å²) >= 11 is 0. The van der Waals surface area contributed by atoms with Crippen molar-refractivity contribution in [2.45, 2.75) is 17.5 Å². The zero-order chi connectivity index (χ0) is 19.0. The first-order valence-electron chi connectivity index (χ1n) is 8.06. The molecule has 27 heavy (non-hydrogen) atoms. The third kappa shape index (κ3) is 3.28.